The van der Waals surface area contributed by atoms with Crippen molar-refractivity contribution in [3.8, 4) is 67.7 Å². The average molecular weight is 909 g/mol. The van der Waals surface area contributed by atoms with E-state index < -0.39 is 10.8 Å². The van der Waals surface area contributed by atoms with E-state index in [-0.39, 0.29) is 0 Å². The normalized spacial score (nSPS) is 14.1. The zero-order valence-electron chi connectivity index (χ0n) is 37.8. The van der Waals surface area contributed by atoms with Gasteiger partial charge >= 0.3 is 0 Å². The summed E-state index contributed by atoms with van der Waals surface area (Å²) in [6, 6.07) is 88.6. The minimum atomic E-state index is -0.708. The number of benzene rings is 10. The zero-order valence-corrected chi connectivity index (χ0v) is 38.6. The van der Waals surface area contributed by atoms with Gasteiger partial charge in [0.2, 0.25) is 0 Å². The first-order chi connectivity index (χ1) is 34.7. The second-order valence-corrected chi connectivity index (χ2v) is 19.8. The highest BCUT2D eigenvalue weighted by Gasteiger charge is 2.58. The molecule has 3 nitrogen and oxygen atoms in total. The van der Waals surface area contributed by atoms with Crippen LogP contribution in [0.2, 0.25) is 0 Å². The van der Waals surface area contributed by atoms with Gasteiger partial charge in [-0.15, -0.1) is 11.3 Å². The highest BCUT2D eigenvalue weighted by Crippen LogP contribution is 2.67. The van der Waals surface area contributed by atoms with Crippen LogP contribution in [-0.2, 0) is 10.8 Å². The monoisotopic (exact) mass is 908 g/mol. The standard InChI is InChI=1S/C66H40N2OS/c1-2-17-41(18-3-1)58-40-59(44-33-35-49-48-23-6-15-32-62(48)70-63(49)39-44)68-64(67-58)45-20-16-19-42(37-45)43-34-36-61-57(38-43)66(56-30-13-14-31-60(56)69-61)54-28-11-9-26-52(54)65(53-27-10-12-29-55(53)66)50-24-7-4-21-46(50)47-22-5-8-25-51(47)65/h1-40H. The molecule has 3 heterocycles. The summed E-state index contributed by atoms with van der Waals surface area (Å²) in [5.41, 5.74) is 18.3. The van der Waals surface area contributed by atoms with Crippen LogP contribution in [-0.4, -0.2) is 9.97 Å². The van der Waals surface area contributed by atoms with Crippen molar-refractivity contribution in [3.05, 3.63) is 287 Å². The summed E-state index contributed by atoms with van der Waals surface area (Å²) in [6.45, 7) is 0. The number of ether oxygens (including phenoxy) is 1. The fourth-order valence-electron chi connectivity index (χ4n) is 12.4. The van der Waals surface area contributed by atoms with Crippen molar-refractivity contribution < 1.29 is 4.74 Å². The molecule has 4 heteroatoms. The number of aromatic nitrogens is 2. The molecule has 0 fully saturated rings. The van der Waals surface area contributed by atoms with Crippen LogP contribution in [0.15, 0.2) is 243 Å². The van der Waals surface area contributed by atoms with Gasteiger partial charge < -0.3 is 4.74 Å². The summed E-state index contributed by atoms with van der Waals surface area (Å²) in [5.74, 6) is 2.40. The lowest BCUT2D eigenvalue weighted by Gasteiger charge is -2.51. The molecule has 10 aromatic carbocycles. The maximum atomic E-state index is 6.98. The molecule has 2 aromatic heterocycles. The van der Waals surface area contributed by atoms with Crippen LogP contribution in [0.5, 0.6) is 11.5 Å². The second-order valence-electron chi connectivity index (χ2n) is 18.7. The summed E-state index contributed by atoms with van der Waals surface area (Å²) < 4.78 is 9.52. The zero-order chi connectivity index (χ0) is 46.0. The molecular weight excluding hydrogens is 869 g/mol. The molecule has 0 unspecified atom stereocenters. The number of rotatable bonds is 4. The van der Waals surface area contributed by atoms with Gasteiger partial charge in [-0.1, -0.05) is 200 Å². The van der Waals surface area contributed by atoms with Crippen LogP contribution in [0.3, 0.4) is 0 Å². The Morgan fingerprint density at radius 2 is 0.800 bits per heavy atom. The summed E-state index contributed by atoms with van der Waals surface area (Å²) in [6.07, 6.45) is 0. The first kappa shape index (κ1) is 39.3. The van der Waals surface area contributed by atoms with E-state index in [4.69, 9.17) is 14.7 Å². The molecule has 0 radical (unpaired) electrons. The lowest BCUT2D eigenvalue weighted by molar-refractivity contribution is 0.429. The Balaban J connectivity index is 0.928. The van der Waals surface area contributed by atoms with Crippen LogP contribution in [0.1, 0.15) is 44.5 Å². The third-order valence-corrected chi connectivity index (χ3v) is 16.4. The Hall–Kier alpha value is -8.70. The quantitative estimate of drug-likeness (QED) is 0.176. The lowest BCUT2D eigenvalue weighted by Crippen LogP contribution is -2.45. The molecule has 0 saturated carbocycles. The molecule has 0 amide bonds. The number of hydrogen-bond donors (Lipinski definition) is 0. The van der Waals surface area contributed by atoms with Crippen LogP contribution in [0.25, 0.3) is 76.3 Å². The molecule has 2 spiro atoms. The average Bonchev–Trinajstić information content (AvgIpc) is 3.97. The fraction of sp³-hybridized carbons (Fsp3) is 0.0303. The Morgan fingerprint density at radius 1 is 0.300 bits per heavy atom. The minimum Gasteiger partial charge on any atom is -0.457 e. The highest BCUT2D eigenvalue weighted by molar-refractivity contribution is 7.25. The summed E-state index contributed by atoms with van der Waals surface area (Å²) in [5, 5.41) is 2.55. The summed E-state index contributed by atoms with van der Waals surface area (Å²) in [4.78, 5) is 10.6. The van der Waals surface area contributed by atoms with E-state index in [2.05, 4.69) is 237 Å². The van der Waals surface area contributed by atoms with Gasteiger partial charge in [-0.25, -0.2) is 9.97 Å². The topological polar surface area (TPSA) is 35.0 Å². The summed E-state index contributed by atoms with van der Waals surface area (Å²) in [7, 11) is 0. The predicted molar refractivity (Wildman–Crippen MR) is 286 cm³/mol. The first-order valence-electron chi connectivity index (χ1n) is 24.0. The Bertz CT molecular complexity index is 4040. The van der Waals surface area contributed by atoms with E-state index in [0.717, 1.165) is 61.8 Å². The molecule has 3 aliphatic rings. The third kappa shape index (κ3) is 5.39. The molecule has 1 aliphatic heterocycles. The van der Waals surface area contributed by atoms with Crippen LogP contribution >= 0.6 is 11.3 Å². The number of nitrogens with zero attached hydrogens (tertiary/aromatic N) is 2. The molecule has 0 N–H and O–H groups in total. The van der Waals surface area contributed by atoms with Crippen LogP contribution in [0.4, 0.5) is 0 Å². The molecule has 326 valence electrons. The maximum absolute atomic E-state index is 6.98. The van der Waals surface area contributed by atoms with E-state index in [0.29, 0.717) is 5.82 Å². The van der Waals surface area contributed by atoms with Gasteiger partial charge in [0.1, 0.15) is 11.5 Å². The smallest absolute Gasteiger partial charge is 0.160 e. The van der Waals surface area contributed by atoms with Gasteiger partial charge in [0.25, 0.3) is 0 Å². The van der Waals surface area contributed by atoms with Crippen molar-refractivity contribution >= 4 is 31.5 Å². The summed E-state index contributed by atoms with van der Waals surface area (Å²) >= 11 is 1.82. The number of para-hydroxylation sites is 1. The van der Waals surface area contributed by atoms with Crippen molar-refractivity contribution in [1.82, 2.24) is 9.97 Å². The highest BCUT2D eigenvalue weighted by atomic mass is 32.1. The van der Waals surface area contributed by atoms with Gasteiger partial charge in [0, 0.05) is 48.0 Å². The van der Waals surface area contributed by atoms with E-state index in [1.54, 1.807) is 0 Å². The predicted octanol–water partition coefficient (Wildman–Crippen LogP) is 16.7. The Kier molecular flexibility index (Phi) is 8.37. The Labute approximate surface area is 409 Å². The van der Waals surface area contributed by atoms with Crippen LogP contribution < -0.4 is 4.74 Å². The molecule has 0 bridgehead atoms. The van der Waals surface area contributed by atoms with Crippen molar-refractivity contribution in [2.24, 2.45) is 0 Å². The number of hydrogen-bond acceptors (Lipinski definition) is 4. The molecule has 12 aromatic rings. The van der Waals surface area contributed by atoms with Gasteiger partial charge in [0.15, 0.2) is 5.82 Å². The maximum Gasteiger partial charge on any atom is 0.160 e. The van der Waals surface area contributed by atoms with Gasteiger partial charge in [-0.05, 0) is 98.1 Å². The molecule has 0 saturated heterocycles. The SMILES string of the molecule is c1ccc(-c2cc(-c3ccc4c(c3)sc3ccccc34)nc(-c3cccc(-c4ccc5c(c4)C4(c6ccccc6O5)c5ccccc5C5(c6ccccc6-c6ccccc65)c5ccccc54)c3)n2)cc1. The number of thiophene rings is 1. The molecule has 2 aliphatic carbocycles. The van der Waals surface area contributed by atoms with Gasteiger partial charge in [-0.2, -0.15) is 0 Å². The van der Waals surface area contributed by atoms with E-state index in [9.17, 15) is 0 Å². The second kappa shape index (κ2) is 14.9. The fourth-order valence-corrected chi connectivity index (χ4v) is 13.5. The number of fused-ring (bicyclic) bond motifs is 18. The van der Waals surface area contributed by atoms with Crippen molar-refractivity contribution in [3.63, 3.8) is 0 Å². The minimum absolute atomic E-state index is 0.526. The van der Waals surface area contributed by atoms with E-state index >= 15 is 0 Å². The molecule has 15 rings (SSSR count). The van der Waals surface area contributed by atoms with Crippen molar-refractivity contribution in [2.45, 2.75) is 10.8 Å². The Morgan fingerprint density at radius 3 is 1.51 bits per heavy atom. The molecular formula is C66H40N2OS. The lowest BCUT2D eigenvalue weighted by atomic mass is 9.51. The van der Waals surface area contributed by atoms with Crippen LogP contribution in [0, 0.1) is 0 Å². The van der Waals surface area contributed by atoms with E-state index in [1.165, 1.54) is 64.7 Å². The molecule has 0 atom stereocenters. The van der Waals surface area contributed by atoms with E-state index in [1.807, 2.05) is 17.4 Å². The van der Waals surface area contributed by atoms with Gasteiger partial charge in [0.05, 0.1) is 22.2 Å². The molecule has 70 heavy (non-hydrogen) atoms. The van der Waals surface area contributed by atoms with Crippen molar-refractivity contribution in [1.29, 1.82) is 0 Å². The van der Waals surface area contributed by atoms with Gasteiger partial charge in [-0.3, -0.25) is 0 Å². The first-order valence-corrected chi connectivity index (χ1v) is 24.8. The van der Waals surface area contributed by atoms with Crippen molar-refractivity contribution in [2.75, 3.05) is 0 Å². The third-order valence-electron chi connectivity index (χ3n) is 15.2. The largest absolute Gasteiger partial charge is 0.457 e.